The quantitative estimate of drug-likeness (QED) is 0.830. The smallest absolute Gasteiger partial charge is 0.258 e. The fraction of sp³-hybridized carbons (Fsp3) is 0.0833. The fourth-order valence-electron chi connectivity index (χ4n) is 1.26. The fourth-order valence-corrected chi connectivity index (χ4v) is 1.26. The molecule has 0 spiro atoms. The Hall–Kier alpha value is -2.23. The molecule has 0 aliphatic heterocycles. The van der Waals surface area contributed by atoms with Gasteiger partial charge in [0.1, 0.15) is 6.33 Å². The molecule has 0 saturated carbocycles. The summed E-state index contributed by atoms with van der Waals surface area (Å²) in [6, 6.07) is 7.60. The number of hydrogen-bond acceptors (Lipinski definition) is 3. The first-order valence-electron chi connectivity index (χ1n) is 4.89. The van der Waals surface area contributed by atoms with Crippen molar-refractivity contribution in [2.75, 3.05) is 5.32 Å². The minimum absolute atomic E-state index is 0.204. The molecule has 0 atom stereocenters. The molecule has 0 aliphatic carbocycles. The Morgan fingerprint density at radius 2 is 1.75 bits per heavy atom. The van der Waals surface area contributed by atoms with Gasteiger partial charge in [0, 0.05) is 18.1 Å². The van der Waals surface area contributed by atoms with Crippen LogP contribution in [-0.2, 0) is 0 Å². The second-order valence-corrected chi connectivity index (χ2v) is 3.45. The van der Waals surface area contributed by atoms with Crippen molar-refractivity contribution in [1.29, 1.82) is 0 Å². The van der Waals surface area contributed by atoms with Gasteiger partial charge in [-0.25, -0.2) is 9.97 Å². The zero-order chi connectivity index (χ0) is 11.4. The van der Waals surface area contributed by atoms with E-state index in [1.165, 1.54) is 18.7 Å². The Labute approximate surface area is 93.4 Å². The highest BCUT2D eigenvalue weighted by Gasteiger charge is 2.05. The van der Waals surface area contributed by atoms with E-state index in [-0.39, 0.29) is 5.91 Å². The molecule has 1 N–H and O–H groups in total. The van der Waals surface area contributed by atoms with E-state index in [2.05, 4.69) is 15.3 Å². The van der Waals surface area contributed by atoms with Gasteiger partial charge in [-0.2, -0.15) is 0 Å². The van der Waals surface area contributed by atoms with Crippen LogP contribution in [0.1, 0.15) is 15.9 Å². The van der Waals surface area contributed by atoms with Crippen LogP contribution in [0.15, 0.2) is 43.0 Å². The molecule has 0 aliphatic rings. The zero-order valence-corrected chi connectivity index (χ0v) is 8.84. The molecule has 2 aromatic rings. The third kappa shape index (κ3) is 2.42. The molecule has 4 nitrogen and oxygen atoms in total. The lowest BCUT2D eigenvalue weighted by Crippen LogP contribution is -2.12. The van der Waals surface area contributed by atoms with Gasteiger partial charge < -0.3 is 5.32 Å². The van der Waals surface area contributed by atoms with Gasteiger partial charge in [0.15, 0.2) is 0 Å². The van der Waals surface area contributed by atoms with E-state index in [0.29, 0.717) is 5.56 Å². The van der Waals surface area contributed by atoms with Gasteiger partial charge in [0.2, 0.25) is 0 Å². The van der Waals surface area contributed by atoms with Gasteiger partial charge >= 0.3 is 0 Å². The van der Waals surface area contributed by atoms with Crippen LogP contribution in [0.5, 0.6) is 0 Å². The summed E-state index contributed by atoms with van der Waals surface area (Å²) >= 11 is 0. The van der Waals surface area contributed by atoms with E-state index in [9.17, 15) is 4.79 Å². The average Bonchev–Trinajstić information content (AvgIpc) is 2.33. The minimum atomic E-state index is -0.204. The summed E-state index contributed by atoms with van der Waals surface area (Å²) in [6.45, 7) is 2.00. The van der Waals surface area contributed by atoms with Crippen LogP contribution in [0.2, 0.25) is 0 Å². The maximum Gasteiger partial charge on any atom is 0.258 e. The molecule has 2 rings (SSSR count). The molecule has 1 aromatic carbocycles. The summed E-state index contributed by atoms with van der Waals surface area (Å²) in [5, 5.41) is 2.77. The summed E-state index contributed by atoms with van der Waals surface area (Å²) in [5.74, 6) is -0.204. The van der Waals surface area contributed by atoms with Gasteiger partial charge in [-0.1, -0.05) is 17.7 Å². The second-order valence-electron chi connectivity index (χ2n) is 3.45. The van der Waals surface area contributed by atoms with E-state index >= 15 is 0 Å². The summed E-state index contributed by atoms with van der Waals surface area (Å²) < 4.78 is 0. The Bertz CT molecular complexity index is 479. The first-order valence-corrected chi connectivity index (χ1v) is 4.89. The molecule has 80 valence electrons. The highest BCUT2D eigenvalue weighted by molar-refractivity contribution is 6.03. The van der Waals surface area contributed by atoms with Crippen LogP contribution < -0.4 is 5.32 Å². The SMILES string of the molecule is Cc1ccc(NC(=O)c2cncnc2)cc1. The molecule has 0 radical (unpaired) electrons. The monoisotopic (exact) mass is 213 g/mol. The molecule has 0 saturated heterocycles. The van der Waals surface area contributed by atoms with Crippen LogP contribution >= 0.6 is 0 Å². The van der Waals surface area contributed by atoms with Crippen molar-refractivity contribution in [3.05, 3.63) is 54.1 Å². The van der Waals surface area contributed by atoms with Crippen molar-refractivity contribution in [3.63, 3.8) is 0 Å². The maximum absolute atomic E-state index is 11.7. The number of amides is 1. The van der Waals surface area contributed by atoms with Crippen LogP contribution in [0.25, 0.3) is 0 Å². The standard InChI is InChI=1S/C12H11N3O/c1-9-2-4-11(5-3-9)15-12(16)10-6-13-8-14-7-10/h2-8H,1H3,(H,15,16). The van der Waals surface area contributed by atoms with Crippen molar-refractivity contribution in [1.82, 2.24) is 9.97 Å². The minimum Gasteiger partial charge on any atom is -0.322 e. The molecule has 1 amide bonds. The average molecular weight is 213 g/mol. The molecule has 4 heteroatoms. The number of nitrogens with zero attached hydrogens (tertiary/aromatic N) is 2. The van der Waals surface area contributed by atoms with Gasteiger partial charge in [0.25, 0.3) is 5.91 Å². The van der Waals surface area contributed by atoms with Crippen LogP contribution in [0, 0.1) is 6.92 Å². The molecule has 0 bridgehead atoms. The number of anilines is 1. The Morgan fingerprint density at radius 3 is 2.38 bits per heavy atom. The highest BCUT2D eigenvalue weighted by atomic mass is 16.1. The first kappa shape index (κ1) is 10.3. The number of benzene rings is 1. The van der Waals surface area contributed by atoms with E-state index in [4.69, 9.17) is 0 Å². The number of aromatic nitrogens is 2. The topological polar surface area (TPSA) is 54.9 Å². The Morgan fingerprint density at radius 1 is 1.12 bits per heavy atom. The van der Waals surface area contributed by atoms with Gasteiger partial charge in [-0.05, 0) is 19.1 Å². The molecule has 16 heavy (non-hydrogen) atoms. The Kier molecular flexibility index (Phi) is 2.91. The number of nitrogens with one attached hydrogen (secondary N) is 1. The molecule has 1 heterocycles. The normalized spacial score (nSPS) is 9.81. The van der Waals surface area contributed by atoms with Gasteiger partial charge in [0.05, 0.1) is 5.56 Å². The summed E-state index contributed by atoms with van der Waals surface area (Å²) in [5.41, 5.74) is 2.36. The first-order chi connectivity index (χ1) is 7.75. The lowest BCUT2D eigenvalue weighted by Gasteiger charge is -2.04. The van der Waals surface area contributed by atoms with Crippen molar-refractivity contribution in [2.45, 2.75) is 6.92 Å². The van der Waals surface area contributed by atoms with E-state index < -0.39 is 0 Å². The largest absolute Gasteiger partial charge is 0.322 e. The lowest BCUT2D eigenvalue weighted by atomic mass is 10.2. The summed E-state index contributed by atoms with van der Waals surface area (Å²) in [4.78, 5) is 19.3. The molecule has 1 aromatic heterocycles. The van der Waals surface area contributed by atoms with Crippen molar-refractivity contribution < 1.29 is 4.79 Å². The number of rotatable bonds is 2. The second kappa shape index (κ2) is 4.53. The number of carbonyl (C=O) groups is 1. The lowest BCUT2D eigenvalue weighted by molar-refractivity contribution is 0.102. The van der Waals surface area contributed by atoms with Gasteiger partial charge in [-0.15, -0.1) is 0 Å². The van der Waals surface area contributed by atoms with Crippen LogP contribution in [0.4, 0.5) is 5.69 Å². The summed E-state index contributed by atoms with van der Waals surface area (Å²) in [7, 11) is 0. The molecule has 0 unspecified atom stereocenters. The third-order valence-electron chi connectivity index (χ3n) is 2.13. The maximum atomic E-state index is 11.7. The van der Waals surface area contributed by atoms with Gasteiger partial charge in [-0.3, -0.25) is 4.79 Å². The van der Waals surface area contributed by atoms with Crippen LogP contribution in [0.3, 0.4) is 0 Å². The number of carbonyl (C=O) groups excluding carboxylic acids is 1. The predicted molar refractivity (Wildman–Crippen MR) is 61.2 cm³/mol. The van der Waals surface area contributed by atoms with E-state index in [1.54, 1.807) is 0 Å². The van der Waals surface area contributed by atoms with Crippen LogP contribution in [-0.4, -0.2) is 15.9 Å². The number of hydrogen-bond donors (Lipinski definition) is 1. The predicted octanol–water partition coefficient (Wildman–Crippen LogP) is 2.04. The van der Waals surface area contributed by atoms with Crippen molar-refractivity contribution >= 4 is 11.6 Å². The summed E-state index contributed by atoms with van der Waals surface area (Å²) in [6.07, 6.45) is 4.36. The van der Waals surface area contributed by atoms with Crippen molar-refractivity contribution in [3.8, 4) is 0 Å². The highest BCUT2D eigenvalue weighted by Crippen LogP contribution is 2.09. The van der Waals surface area contributed by atoms with Crippen molar-refractivity contribution in [2.24, 2.45) is 0 Å². The third-order valence-corrected chi connectivity index (χ3v) is 2.13. The van der Waals surface area contributed by atoms with E-state index in [1.807, 2.05) is 31.2 Å². The molecular weight excluding hydrogens is 202 g/mol. The molecule has 0 fully saturated rings. The van der Waals surface area contributed by atoms with E-state index in [0.717, 1.165) is 11.3 Å². The number of aryl methyl sites for hydroxylation is 1. The Balaban J connectivity index is 2.11. The molecular formula is C12H11N3O. The zero-order valence-electron chi connectivity index (χ0n) is 8.84.